The first-order valence-electron chi connectivity index (χ1n) is 29.8. The minimum Gasteiger partial charge on any atom is -0.452 e. The highest BCUT2D eigenvalue weighted by Crippen LogP contribution is 2.47. The lowest BCUT2D eigenvalue weighted by atomic mass is 10.1. The van der Waals surface area contributed by atoms with E-state index in [0.29, 0.717) is 180 Å². The molecular formula is C72H44N16O8. The number of nitrogens with zero attached hydrogens (tertiary/aromatic N) is 12. The Hall–Kier alpha value is -14.2. The molecular weight excluding hydrogens is 1220 g/mol. The van der Waals surface area contributed by atoms with Gasteiger partial charge in [-0.2, -0.15) is 0 Å². The lowest BCUT2D eigenvalue weighted by Crippen LogP contribution is -2.10. The Morgan fingerprint density at radius 1 is 0.198 bits per heavy atom. The van der Waals surface area contributed by atoms with Gasteiger partial charge in [0.15, 0.2) is 46.0 Å². The standard InChI is InChI=1S/C72H44N16O8/c1-9-41(33-73-17-1)89-57-25-49-50(26-58(57)90-42-10-2-18-74-34-42)66-81-65(49)85-67-51-27-59(91-43-11-3-19-75-35-43)60(92-44-12-4-20-76-36-44)28-52(51)69(82-67)87-71-55-31-63(95-47-15-7-23-79-39-47)64(96-48-16-8-24-80-40-48)32-56(55)72(84-71)88-70-54-30-62(94-46-14-6-22-78-38-46)61(29-53(54)68(83-70)86-66)93-45-13-5-21-77-37-45/h1-40H,(H4,81,82,83,84,85,86,87,88). The maximum absolute atomic E-state index is 6.65. The van der Waals surface area contributed by atoms with E-state index in [9.17, 15) is 0 Å². The number of aromatic amines is 4. The van der Waals surface area contributed by atoms with Crippen molar-refractivity contribution in [1.82, 2.24) is 59.8 Å². The summed E-state index contributed by atoms with van der Waals surface area (Å²) in [6.45, 7) is 0. The van der Waals surface area contributed by atoms with Crippen LogP contribution in [-0.2, 0) is 0 Å². The van der Waals surface area contributed by atoms with Crippen LogP contribution in [0.3, 0.4) is 0 Å². The van der Waals surface area contributed by atoms with Crippen molar-refractivity contribution < 1.29 is 37.9 Å². The molecule has 96 heavy (non-hydrogen) atoms. The summed E-state index contributed by atoms with van der Waals surface area (Å²) in [6, 6.07) is 43.3. The molecule has 1 aliphatic rings. The number of H-pyrrole nitrogens is 4. The molecule has 0 aliphatic carbocycles. The molecule has 0 amide bonds. The van der Waals surface area contributed by atoms with Crippen LogP contribution in [0.5, 0.6) is 92.0 Å². The highest BCUT2D eigenvalue weighted by Gasteiger charge is 2.24. The molecule has 4 aromatic carbocycles. The van der Waals surface area contributed by atoms with Crippen LogP contribution in [-0.4, -0.2) is 59.8 Å². The van der Waals surface area contributed by atoms with Gasteiger partial charge >= 0.3 is 0 Å². The molecule has 16 aromatic rings. The van der Waals surface area contributed by atoms with Crippen LogP contribution in [0.4, 0.5) is 23.3 Å². The van der Waals surface area contributed by atoms with E-state index in [4.69, 9.17) is 57.9 Å². The van der Waals surface area contributed by atoms with E-state index in [2.05, 4.69) is 59.8 Å². The van der Waals surface area contributed by atoms with Crippen LogP contribution in [0.15, 0.2) is 265 Å². The summed E-state index contributed by atoms with van der Waals surface area (Å²) in [5.74, 6) is 7.54. The third kappa shape index (κ3) is 11.3. The first-order chi connectivity index (χ1) is 47.5. The van der Waals surface area contributed by atoms with Crippen LogP contribution in [0.25, 0.3) is 43.1 Å². The molecule has 17 rings (SSSR count). The number of hydrogen-bond donors (Lipinski definition) is 4. The maximum Gasteiger partial charge on any atom is 0.170 e. The molecule has 0 saturated carbocycles. The Labute approximate surface area is 540 Å². The van der Waals surface area contributed by atoms with Gasteiger partial charge in [-0.15, -0.1) is 0 Å². The molecule has 0 spiro atoms. The first-order valence-corrected chi connectivity index (χ1v) is 29.8. The van der Waals surface area contributed by atoms with E-state index in [1.807, 2.05) is 48.5 Å². The molecule has 0 atom stereocenters. The number of benzene rings is 4. The van der Waals surface area contributed by atoms with Crippen molar-refractivity contribution in [3.63, 3.8) is 0 Å². The van der Waals surface area contributed by atoms with Crippen LogP contribution >= 0.6 is 0 Å². The molecule has 1 aliphatic heterocycles. The summed E-state index contributed by atoms with van der Waals surface area (Å²) in [4.78, 5) is 71.1. The number of rotatable bonds is 16. The van der Waals surface area contributed by atoms with Crippen LogP contribution in [0, 0.1) is 0 Å². The van der Waals surface area contributed by atoms with Crippen LogP contribution in [0.1, 0.15) is 0 Å². The summed E-state index contributed by atoms with van der Waals surface area (Å²) < 4.78 is 53.2. The van der Waals surface area contributed by atoms with Crippen molar-refractivity contribution in [2.75, 3.05) is 0 Å². The summed E-state index contributed by atoms with van der Waals surface area (Å²) in [5.41, 5.74) is 1.39. The van der Waals surface area contributed by atoms with Crippen molar-refractivity contribution in [2.45, 2.75) is 0 Å². The van der Waals surface area contributed by atoms with Crippen molar-refractivity contribution in [3.05, 3.63) is 267 Å². The van der Waals surface area contributed by atoms with Gasteiger partial charge in [0.25, 0.3) is 0 Å². The zero-order valence-electron chi connectivity index (χ0n) is 49.7. The lowest BCUT2D eigenvalue weighted by Gasteiger charge is -2.13. The second-order valence-corrected chi connectivity index (χ2v) is 21.4. The SMILES string of the molecule is c1cncc(Oc2cc3c4[nH]c(c3cc2Oc2cccnc2)N=c2[nH]c(c3cc(Oc5cccnc5)c(Oc5cccnc5)cc23)=Nc2[nH]c(c3cc(Oc5cccnc5)c(Oc5cccnc5)cc23)N=c2[nH]c(c3cc(Oc5cccnc5)c(Oc5cccnc5)cc23)=N4)c1. The quantitative estimate of drug-likeness (QED) is 0.0699. The predicted octanol–water partition coefficient (Wildman–Crippen LogP) is 15.2. The fourth-order valence-corrected chi connectivity index (χ4v) is 10.9. The van der Waals surface area contributed by atoms with Crippen LogP contribution < -0.4 is 59.8 Å². The van der Waals surface area contributed by atoms with Crippen molar-refractivity contribution in [2.24, 2.45) is 20.0 Å². The number of fused-ring (bicyclic) bond motifs is 20. The predicted molar refractivity (Wildman–Crippen MR) is 351 cm³/mol. The van der Waals surface area contributed by atoms with Crippen molar-refractivity contribution in [3.8, 4) is 92.0 Å². The third-order valence-corrected chi connectivity index (χ3v) is 15.1. The highest BCUT2D eigenvalue weighted by atomic mass is 16.5. The minimum absolute atomic E-state index is 0.323. The third-order valence-electron chi connectivity index (χ3n) is 15.1. The monoisotopic (exact) mass is 1260 g/mol. The first kappa shape index (κ1) is 55.9. The van der Waals surface area contributed by atoms with Gasteiger partial charge in [-0.3, -0.25) is 39.9 Å². The van der Waals surface area contributed by atoms with E-state index < -0.39 is 0 Å². The summed E-state index contributed by atoms with van der Waals surface area (Å²) >= 11 is 0. The number of pyridine rings is 8. The molecule has 12 aromatic heterocycles. The average Bonchev–Trinajstić information content (AvgIpc) is 1.59. The zero-order valence-corrected chi connectivity index (χ0v) is 49.7. The molecule has 8 bridgehead atoms. The lowest BCUT2D eigenvalue weighted by molar-refractivity contribution is 0.418. The summed E-state index contributed by atoms with van der Waals surface area (Å²) in [6.07, 6.45) is 26.2. The summed E-state index contributed by atoms with van der Waals surface area (Å²) in [7, 11) is 0. The molecule has 460 valence electrons. The van der Waals surface area contributed by atoms with Gasteiger partial charge < -0.3 is 57.8 Å². The van der Waals surface area contributed by atoms with Gasteiger partial charge in [0.05, 0.1) is 49.6 Å². The van der Waals surface area contributed by atoms with E-state index in [0.717, 1.165) is 0 Å². The van der Waals surface area contributed by atoms with Gasteiger partial charge in [0, 0.05) is 92.7 Å². The molecule has 0 radical (unpaired) electrons. The average molecular weight is 1260 g/mol. The van der Waals surface area contributed by atoms with Gasteiger partial charge in [-0.25, -0.2) is 20.0 Å². The minimum atomic E-state index is 0.323. The van der Waals surface area contributed by atoms with Gasteiger partial charge in [-0.05, 0) is 146 Å². The molecule has 0 fully saturated rings. The van der Waals surface area contributed by atoms with E-state index in [1.165, 1.54) is 0 Å². The molecule has 24 heteroatoms. The normalized spacial score (nSPS) is 11.7. The second kappa shape index (κ2) is 24.2. The summed E-state index contributed by atoms with van der Waals surface area (Å²) in [5, 5.41) is 4.55. The van der Waals surface area contributed by atoms with Crippen molar-refractivity contribution in [1.29, 1.82) is 0 Å². The molecule has 4 N–H and O–H groups in total. The van der Waals surface area contributed by atoms with Gasteiger partial charge in [0.1, 0.15) is 91.2 Å². The Morgan fingerprint density at radius 2 is 0.365 bits per heavy atom. The molecule has 0 unspecified atom stereocenters. The fraction of sp³-hybridized carbons (Fsp3) is 0. The Bertz CT molecular complexity index is 5130. The number of ether oxygens (including phenoxy) is 8. The fourth-order valence-electron chi connectivity index (χ4n) is 10.9. The Kier molecular flexibility index (Phi) is 14.1. The molecule has 0 saturated heterocycles. The Morgan fingerprint density at radius 3 is 0.521 bits per heavy atom. The maximum atomic E-state index is 6.65. The Balaban J connectivity index is 0.993. The number of aromatic nitrogens is 12. The topological polar surface area (TPSA) is 290 Å². The number of nitrogens with one attached hydrogen (secondary N) is 4. The molecule has 13 heterocycles. The zero-order chi connectivity index (χ0) is 63.7. The van der Waals surface area contributed by atoms with Crippen molar-refractivity contribution >= 4 is 66.4 Å². The highest BCUT2D eigenvalue weighted by molar-refractivity contribution is 6.03. The number of hydrogen-bond acceptors (Lipinski definition) is 20. The smallest absolute Gasteiger partial charge is 0.170 e. The van der Waals surface area contributed by atoms with E-state index in [1.54, 1.807) is 196 Å². The van der Waals surface area contributed by atoms with E-state index in [-0.39, 0.29) is 0 Å². The second-order valence-electron chi connectivity index (χ2n) is 21.4. The largest absolute Gasteiger partial charge is 0.452 e. The van der Waals surface area contributed by atoms with Gasteiger partial charge in [-0.1, -0.05) is 0 Å². The van der Waals surface area contributed by atoms with E-state index >= 15 is 0 Å². The van der Waals surface area contributed by atoms with Crippen LogP contribution in [0.2, 0.25) is 0 Å². The molecule has 24 nitrogen and oxygen atoms in total. The van der Waals surface area contributed by atoms with Gasteiger partial charge in [0.2, 0.25) is 0 Å².